The van der Waals surface area contributed by atoms with Gasteiger partial charge in [-0.25, -0.2) is 4.39 Å². The van der Waals surface area contributed by atoms with Gasteiger partial charge < -0.3 is 19.9 Å². The third kappa shape index (κ3) is 4.91. The molecule has 0 spiro atoms. The molecule has 7 nitrogen and oxygen atoms in total. The standard InChI is InChI=1S/C24H27FN4O3/c1-32-19-7-6-18(20(25)14-19)16-29-13-10-27-24(31)22(29)15-23(30)26-9-12-28-11-8-17-4-2-3-5-21(17)28/h2-8,11,14,22H,9-10,12-13,15-16H2,1H3,(H,26,30)(H,27,31). The predicted molar refractivity (Wildman–Crippen MR) is 120 cm³/mol. The number of nitrogens with one attached hydrogen (secondary N) is 2. The molecule has 1 atom stereocenters. The smallest absolute Gasteiger partial charge is 0.237 e. The summed E-state index contributed by atoms with van der Waals surface area (Å²) >= 11 is 0. The number of methoxy groups -OCH3 is 1. The van der Waals surface area contributed by atoms with Gasteiger partial charge in [-0.2, -0.15) is 0 Å². The Hall–Kier alpha value is -3.39. The fraction of sp³-hybridized carbons (Fsp3) is 0.333. The molecular formula is C24H27FN4O3. The van der Waals surface area contributed by atoms with Crippen LogP contribution < -0.4 is 15.4 Å². The van der Waals surface area contributed by atoms with E-state index in [2.05, 4.69) is 15.2 Å². The Kier molecular flexibility index (Phi) is 6.70. The quantitative estimate of drug-likeness (QED) is 0.566. The molecule has 1 aromatic heterocycles. The predicted octanol–water partition coefficient (Wildman–Crippen LogP) is 2.30. The molecule has 2 heterocycles. The average molecular weight is 439 g/mol. The van der Waals surface area contributed by atoms with E-state index in [0.29, 0.717) is 37.5 Å². The zero-order chi connectivity index (χ0) is 22.5. The number of carbonyl (C=O) groups excluding carboxylic acids is 2. The Morgan fingerprint density at radius 3 is 2.91 bits per heavy atom. The lowest BCUT2D eigenvalue weighted by Crippen LogP contribution is -2.56. The van der Waals surface area contributed by atoms with Gasteiger partial charge in [-0.15, -0.1) is 0 Å². The van der Waals surface area contributed by atoms with Crippen LogP contribution >= 0.6 is 0 Å². The lowest BCUT2D eigenvalue weighted by molar-refractivity contribution is -0.134. The lowest BCUT2D eigenvalue weighted by Gasteiger charge is -2.34. The zero-order valence-corrected chi connectivity index (χ0v) is 18.0. The summed E-state index contributed by atoms with van der Waals surface area (Å²) in [5, 5.41) is 6.87. The third-order valence-electron chi connectivity index (χ3n) is 5.81. The summed E-state index contributed by atoms with van der Waals surface area (Å²) < 4.78 is 21.5. The van der Waals surface area contributed by atoms with Gasteiger partial charge in [0.2, 0.25) is 11.8 Å². The molecule has 1 aliphatic rings. The van der Waals surface area contributed by atoms with E-state index >= 15 is 0 Å². The second kappa shape index (κ2) is 9.82. The Morgan fingerprint density at radius 1 is 1.25 bits per heavy atom. The molecular weight excluding hydrogens is 411 g/mol. The van der Waals surface area contributed by atoms with Crippen molar-refractivity contribution >= 4 is 22.7 Å². The largest absolute Gasteiger partial charge is 0.497 e. The average Bonchev–Trinajstić information content (AvgIpc) is 3.20. The van der Waals surface area contributed by atoms with E-state index in [1.165, 1.54) is 13.2 Å². The highest BCUT2D eigenvalue weighted by atomic mass is 19.1. The van der Waals surface area contributed by atoms with Gasteiger partial charge in [0.25, 0.3) is 0 Å². The number of halogens is 1. The van der Waals surface area contributed by atoms with Gasteiger partial charge >= 0.3 is 0 Å². The van der Waals surface area contributed by atoms with Crippen LogP contribution in [0.25, 0.3) is 10.9 Å². The zero-order valence-electron chi connectivity index (χ0n) is 18.0. The second-order valence-corrected chi connectivity index (χ2v) is 7.86. The number of rotatable bonds is 8. The number of piperazine rings is 1. The van der Waals surface area contributed by atoms with Gasteiger partial charge in [0.05, 0.1) is 19.6 Å². The Bertz CT molecular complexity index is 1110. The first-order chi connectivity index (χ1) is 15.5. The fourth-order valence-electron chi connectivity index (χ4n) is 4.07. The Balaban J connectivity index is 1.35. The number of benzene rings is 2. The molecule has 4 rings (SSSR count). The van der Waals surface area contributed by atoms with Crippen LogP contribution in [0.5, 0.6) is 5.75 Å². The number of aromatic nitrogens is 1. The van der Waals surface area contributed by atoms with Crippen molar-refractivity contribution in [1.29, 1.82) is 0 Å². The lowest BCUT2D eigenvalue weighted by atomic mass is 10.1. The highest BCUT2D eigenvalue weighted by Gasteiger charge is 2.32. The van der Waals surface area contributed by atoms with Crippen molar-refractivity contribution in [2.24, 2.45) is 0 Å². The van der Waals surface area contributed by atoms with Crippen LogP contribution in [0, 0.1) is 5.82 Å². The number of amides is 2. The van der Waals surface area contributed by atoms with Crippen molar-refractivity contribution < 1.29 is 18.7 Å². The van der Waals surface area contributed by atoms with Gasteiger partial charge in [-0.3, -0.25) is 14.5 Å². The van der Waals surface area contributed by atoms with Gasteiger partial charge in [0.15, 0.2) is 0 Å². The number of carbonyl (C=O) groups is 2. The van der Waals surface area contributed by atoms with Gasteiger partial charge in [0.1, 0.15) is 11.6 Å². The van der Waals surface area contributed by atoms with E-state index in [4.69, 9.17) is 4.74 Å². The molecule has 1 unspecified atom stereocenters. The number of fused-ring (bicyclic) bond motifs is 1. The maximum absolute atomic E-state index is 14.4. The van der Waals surface area contributed by atoms with E-state index in [1.54, 1.807) is 12.1 Å². The third-order valence-corrected chi connectivity index (χ3v) is 5.81. The molecule has 2 N–H and O–H groups in total. The molecule has 3 aromatic rings. The second-order valence-electron chi connectivity index (χ2n) is 7.86. The molecule has 0 bridgehead atoms. The normalized spacial score (nSPS) is 16.7. The first kappa shape index (κ1) is 21.8. The summed E-state index contributed by atoms with van der Waals surface area (Å²) in [6.45, 7) is 2.35. The SMILES string of the molecule is COc1ccc(CN2CCNC(=O)C2CC(=O)NCCn2ccc3ccccc32)c(F)c1. The molecule has 168 valence electrons. The maximum atomic E-state index is 14.4. The van der Waals surface area contributed by atoms with Crippen LogP contribution in [-0.4, -0.2) is 54.1 Å². The molecule has 1 saturated heterocycles. The summed E-state index contributed by atoms with van der Waals surface area (Å²) in [6.07, 6.45) is 2.02. The molecule has 0 aliphatic carbocycles. The first-order valence-corrected chi connectivity index (χ1v) is 10.7. The number of ether oxygens (including phenoxy) is 1. The molecule has 2 aromatic carbocycles. The minimum atomic E-state index is -0.641. The number of para-hydroxylation sites is 1. The summed E-state index contributed by atoms with van der Waals surface area (Å²) in [7, 11) is 1.48. The van der Waals surface area contributed by atoms with Crippen LogP contribution in [0.4, 0.5) is 4.39 Å². The molecule has 0 radical (unpaired) electrons. The van der Waals surface area contributed by atoms with E-state index in [9.17, 15) is 14.0 Å². The number of nitrogens with zero attached hydrogens (tertiary/aromatic N) is 2. The fourth-order valence-corrected chi connectivity index (χ4v) is 4.07. The summed E-state index contributed by atoms with van der Waals surface area (Å²) in [6, 6.07) is 14.1. The van der Waals surface area contributed by atoms with Gasteiger partial charge in [0, 0.05) is 56.1 Å². The van der Waals surface area contributed by atoms with Crippen molar-refractivity contribution in [2.75, 3.05) is 26.7 Å². The van der Waals surface area contributed by atoms with Crippen molar-refractivity contribution in [3.8, 4) is 5.75 Å². The molecule has 8 heteroatoms. The minimum absolute atomic E-state index is 0.0238. The van der Waals surface area contributed by atoms with Crippen molar-refractivity contribution in [2.45, 2.75) is 25.6 Å². The highest BCUT2D eigenvalue weighted by Crippen LogP contribution is 2.20. The summed E-state index contributed by atoms with van der Waals surface area (Å²) in [4.78, 5) is 26.9. The van der Waals surface area contributed by atoms with Gasteiger partial charge in [-0.05, 0) is 23.6 Å². The topological polar surface area (TPSA) is 75.6 Å². The van der Waals surface area contributed by atoms with Crippen LogP contribution in [0.2, 0.25) is 0 Å². The van der Waals surface area contributed by atoms with Crippen molar-refractivity contribution in [1.82, 2.24) is 20.1 Å². The molecule has 0 saturated carbocycles. The molecule has 2 amide bonds. The van der Waals surface area contributed by atoms with Crippen molar-refractivity contribution in [3.63, 3.8) is 0 Å². The monoisotopic (exact) mass is 438 g/mol. The van der Waals surface area contributed by atoms with Crippen LogP contribution in [0.3, 0.4) is 0 Å². The van der Waals surface area contributed by atoms with E-state index in [1.807, 2.05) is 41.4 Å². The summed E-state index contributed by atoms with van der Waals surface area (Å²) in [5.41, 5.74) is 1.58. The summed E-state index contributed by atoms with van der Waals surface area (Å²) in [5.74, 6) is -0.369. The van der Waals surface area contributed by atoms with E-state index in [-0.39, 0.29) is 24.8 Å². The molecule has 1 fully saturated rings. The van der Waals surface area contributed by atoms with Crippen LogP contribution in [-0.2, 0) is 22.7 Å². The Labute approximate surface area is 186 Å². The molecule has 32 heavy (non-hydrogen) atoms. The number of hydrogen-bond donors (Lipinski definition) is 2. The molecule has 1 aliphatic heterocycles. The Morgan fingerprint density at radius 2 is 2.09 bits per heavy atom. The van der Waals surface area contributed by atoms with E-state index in [0.717, 1.165) is 10.9 Å². The first-order valence-electron chi connectivity index (χ1n) is 10.7. The van der Waals surface area contributed by atoms with Gasteiger partial charge in [-0.1, -0.05) is 24.3 Å². The van der Waals surface area contributed by atoms with Crippen LogP contribution in [0.15, 0.2) is 54.7 Å². The van der Waals surface area contributed by atoms with Crippen molar-refractivity contribution in [3.05, 3.63) is 66.1 Å². The van der Waals surface area contributed by atoms with Crippen LogP contribution in [0.1, 0.15) is 12.0 Å². The number of hydrogen-bond acceptors (Lipinski definition) is 4. The van der Waals surface area contributed by atoms with E-state index < -0.39 is 11.9 Å². The minimum Gasteiger partial charge on any atom is -0.497 e. The highest BCUT2D eigenvalue weighted by molar-refractivity contribution is 5.88. The maximum Gasteiger partial charge on any atom is 0.237 e.